The van der Waals surface area contributed by atoms with E-state index in [0.29, 0.717) is 23.7 Å². The molecule has 0 spiro atoms. The van der Waals surface area contributed by atoms with Gasteiger partial charge in [0.2, 0.25) is 11.5 Å². The lowest BCUT2D eigenvalue weighted by Crippen LogP contribution is -2.51. The Bertz CT molecular complexity index is 845. The van der Waals surface area contributed by atoms with E-state index in [9.17, 15) is 4.79 Å². The molecule has 1 saturated heterocycles. The number of benzene rings is 1. The standard InChI is InChI=1S/C23H28O6/c1-8-9-15-12-23(28-7)14(3)20(19(13(15)2)22(24)29-23)16-10-17(25-4)21(27-6)18(11-16)26-5/h8,10-12,14,19-20H,1-2,9H2,3-7H3/t14-,19+,20+,23-/m1/s1. The van der Waals surface area contributed by atoms with Crippen molar-refractivity contribution in [3.63, 3.8) is 0 Å². The fourth-order valence-electron chi connectivity index (χ4n) is 4.46. The Hall–Kier alpha value is -2.73. The molecule has 0 unspecified atom stereocenters. The number of esters is 1. The van der Waals surface area contributed by atoms with Crippen molar-refractivity contribution in [3.8, 4) is 17.2 Å². The number of allylic oxidation sites excluding steroid dienone is 2. The van der Waals surface area contributed by atoms with Crippen LogP contribution in [0.3, 0.4) is 0 Å². The van der Waals surface area contributed by atoms with Crippen LogP contribution in [0, 0.1) is 11.8 Å². The first kappa shape index (κ1) is 21.0. The second-order valence-corrected chi connectivity index (χ2v) is 7.29. The molecule has 4 rings (SSSR count). The highest BCUT2D eigenvalue weighted by molar-refractivity contribution is 5.82. The zero-order valence-electron chi connectivity index (χ0n) is 17.6. The molecule has 0 aromatic heterocycles. The molecular formula is C23H28O6. The largest absolute Gasteiger partial charge is 0.493 e. The third-order valence-corrected chi connectivity index (χ3v) is 5.97. The third kappa shape index (κ3) is 3.21. The van der Waals surface area contributed by atoms with E-state index in [4.69, 9.17) is 23.7 Å². The van der Waals surface area contributed by atoms with Gasteiger partial charge in [0, 0.05) is 18.9 Å². The van der Waals surface area contributed by atoms with Gasteiger partial charge in [-0.2, -0.15) is 0 Å². The maximum atomic E-state index is 13.1. The lowest BCUT2D eigenvalue weighted by Gasteiger charge is -2.44. The van der Waals surface area contributed by atoms with E-state index in [2.05, 4.69) is 13.2 Å². The van der Waals surface area contributed by atoms with Gasteiger partial charge in [-0.25, -0.2) is 0 Å². The Morgan fingerprint density at radius 2 is 1.76 bits per heavy atom. The minimum absolute atomic E-state index is 0.183. The highest BCUT2D eigenvalue weighted by Gasteiger charge is 2.56. The summed E-state index contributed by atoms with van der Waals surface area (Å²) in [5.41, 5.74) is 2.49. The van der Waals surface area contributed by atoms with Crippen LogP contribution in [0.5, 0.6) is 17.2 Å². The van der Waals surface area contributed by atoms with Crippen LogP contribution in [0.1, 0.15) is 24.8 Å². The average Bonchev–Trinajstić information content (AvgIpc) is 2.88. The van der Waals surface area contributed by atoms with Gasteiger partial charge in [0.15, 0.2) is 11.5 Å². The quantitative estimate of drug-likeness (QED) is 0.509. The molecule has 1 fully saturated rings. The van der Waals surface area contributed by atoms with E-state index in [-0.39, 0.29) is 17.8 Å². The van der Waals surface area contributed by atoms with Gasteiger partial charge in [-0.3, -0.25) is 4.79 Å². The maximum Gasteiger partial charge on any atom is 0.316 e. The lowest BCUT2D eigenvalue weighted by atomic mass is 9.71. The second kappa shape index (κ2) is 7.95. The number of hydrogen-bond donors (Lipinski definition) is 0. The van der Waals surface area contributed by atoms with E-state index in [1.165, 1.54) is 0 Å². The monoisotopic (exact) mass is 400 g/mol. The summed E-state index contributed by atoms with van der Waals surface area (Å²) in [6, 6.07) is 3.75. The first-order valence-electron chi connectivity index (χ1n) is 9.47. The van der Waals surface area contributed by atoms with Gasteiger partial charge in [-0.05, 0) is 41.3 Å². The molecule has 1 aromatic carbocycles. The molecule has 6 nitrogen and oxygen atoms in total. The molecule has 1 aromatic rings. The minimum Gasteiger partial charge on any atom is -0.493 e. The Morgan fingerprint density at radius 1 is 1.14 bits per heavy atom. The summed E-state index contributed by atoms with van der Waals surface area (Å²) >= 11 is 0. The van der Waals surface area contributed by atoms with Crippen LogP contribution >= 0.6 is 0 Å². The summed E-state index contributed by atoms with van der Waals surface area (Å²) in [6.07, 6.45) is 4.23. The molecule has 0 saturated carbocycles. The number of rotatable bonds is 7. The van der Waals surface area contributed by atoms with Crippen molar-refractivity contribution in [2.75, 3.05) is 28.4 Å². The summed E-state index contributed by atoms with van der Waals surface area (Å²) in [5.74, 6) is -0.977. The van der Waals surface area contributed by atoms with Gasteiger partial charge in [0.25, 0.3) is 0 Å². The minimum atomic E-state index is -1.18. The van der Waals surface area contributed by atoms with Gasteiger partial charge in [-0.15, -0.1) is 6.58 Å². The van der Waals surface area contributed by atoms with Gasteiger partial charge in [-0.1, -0.05) is 19.6 Å². The molecule has 2 heterocycles. The van der Waals surface area contributed by atoms with E-state index in [0.717, 1.165) is 16.7 Å². The smallest absolute Gasteiger partial charge is 0.316 e. The average molecular weight is 400 g/mol. The highest BCUT2D eigenvalue weighted by atomic mass is 16.7. The van der Waals surface area contributed by atoms with Crippen LogP contribution in [-0.2, 0) is 14.3 Å². The van der Waals surface area contributed by atoms with Crippen molar-refractivity contribution < 1.29 is 28.5 Å². The molecule has 4 atom stereocenters. The molecule has 156 valence electrons. The first-order chi connectivity index (χ1) is 13.9. The fourth-order valence-corrected chi connectivity index (χ4v) is 4.46. The maximum absolute atomic E-state index is 13.1. The number of hydrogen-bond acceptors (Lipinski definition) is 6. The number of carbonyl (C=O) groups excluding carboxylic acids is 1. The molecule has 3 aliphatic rings. The van der Waals surface area contributed by atoms with E-state index < -0.39 is 11.7 Å². The summed E-state index contributed by atoms with van der Waals surface area (Å²) in [7, 11) is 6.24. The van der Waals surface area contributed by atoms with Crippen LogP contribution in [0.25, 0.3) is 0 Å². The van der Waals surface area contributed by atoms with E-state index >= 15 is 0 Å². The van der Waals surface area contributed by atoms with Gasteiger partial charge < -0.3 is 23.7 Å². The molecule has 29 heavy (non-hydrogen) atoms. The predicted molar refractivity (Wildman–Crippen MR) is 109 cm³/mol. The van der Waals surface area contributed by atoms with Gasteiger partial charge >= 0.3 is 5.97 Å². The zero-order valence-corrected chi connectivity index (χ0v) is 17.6. The Morgan fingerprint density at radius 3 is 2.24 bits per heavy atom. The van der Waals surface area contributed by atoms with Crippen molar-refractivity contribution in [1.29, 1.82) is 0 Å². The Labute approximate surface area is 171 Å². The van der Waals surface area contributed by atoms with Crippen molar-refractivity contribution in [2.24, 2.45) is 11.8 Å². The molecule has 0 amide bonds. The van der Waals surface area contributed by atoms with Crippen molar-refractivity contribution in [1.82, 2.24) is 0 Å². The predicted octanol–water partition coefficient (Wildman–Crippen LogP) is 4.02. The van der Waals surface area contributed by atoms with Crippen LogP contribution in [0.4, 0.5) is 0 Å². The number of carbonyl (C=O) groups is 1. The molecule has 1 aliphatic carbocycles. The number of methoxy groups -OCH3 is 4. The summed E-state index contributed by atoms with van der Waals surface area (Å²) in [5, 5.41) is 0. The summed E-state index contributed by atoms with van der Waals surface area (Å²) in [4.78, 5) is 13.1. The van der Waals surface area contributed by atoms with Crippen molar-refractivity contribution in [3.05, 3.63) is 54.2 Å². The highest BCUT2D eigenvalue weighted by Crippen LogP contribution is 2.54. The van der Waals surface area contributed by atoms with E-state index in [1.807, 2.05) is 25.1 Å². The molecular weight excluding hydrogens is 372 g/mol. The molecule has 2 aliphatic heterocycles. The van der Waals surface area contributed by atoms with Crippen LogP contribution in [-0.4, -0.2) is 40.2 Å². The Kier molecular flexibility index (Phi) is 5.75. The third-order valence-electron chi connectivity index (χ3n) is 5.97. The number of fused-ring (bicyclic) bond motifs is 3. The second-order valence-electron chi connectivity index (χ2n) is 7.29. The van der Waals surface area contributed by atoms with E-state index in [1.54, 1.807) is 34.5 Å². The molecule has 2 bridgehead atoms. The topological polar surface area (TPSA) is 63.2 Å². The van der Waals surface area contributed by atoms with Crippen LogP contribution in [0.15, 0.2) is 48.6 Å². The molecule has 0 radical (unpaired) electrons. The van der Waals surface area contributed by atoms with Gasteiger partial charge in [0.05, 0.1) is 27.2 Å². The number of ether oxygens (including phenoxy) is 5. The summed E-state index contributed by atoms with van der Waals surface area (Å²) < 4.78 is 28.1. The fraction of sp³-hybridized carbons (Fsp3) is 0.435. The SMILES string of the molecule is C=CCC1=C[C@@]2(OC)OC(=O)[C@@H](C1=C)[C@H](c1cc(OC)c(OC)c(OC)c1)[C@H]2C. The lowest BCUT2D eigenvalue weighted by molar-refractivity contribution is -0.239. The van der Waals surface area contributed by atoms with Crippen LogP contribution < -0.4 is 14.2 Å². The Balaban J connectivity index is 2.22. The van der Waals surface area contributed by atoms with Gasteiger partial charge in [0.1, 0.15) is 0 Å². The van der Waals surface area contributed by atoms with Crippen molar-refractivity contribution >= 4 is 5.97 Å². The normalized spacial score (nSPS) is 28.3. The van der Waals surface area contributed by atoms with Crippen LogP contribution in [0.2, 0.25) is 0 Å². The van der Waals surface area contributed by atoms with Crippen molar-refractivity contribution in [2.45, 2.75) is 25.0 Å². The zero-order chi connectivity index (χ0) is 21.3. The first-order valence-corrected chi connectivity index (χ1v) is 9.47. The summed E-state index contributed by atoms with van der Waals surface area (Å²) in [6.45, 7) is 10.1. The molecule has 0 N–H and O–H groups in total. The molecule has 6 heteroatoms.